The number of methoxy groups -OCH3 is 1. The number of amidine groups is 1. The van der Waals surface area contributed by atoms with E-state index in [1.54, 1.807) is 7.11 Å². The van der Waals surface area contributed by atoms with E-state index in [1.807, 2.05) is 12.1 Å². The van der Waals surface area contributed by atoms with E-state index in [9.17, 15) is 9.90 Å². The maximum absolute atomic E-state index is 13.9. The van der Waals surface area contributed by atoms with Gasteiger partial charge in [0.1, 0.15) is 11.6 Å². The molecule has 1 aliphatic rings. The molecule has 208 valence electrons. The molecule has 5 nitrogen and oxygen atoms in total. The summed E-state index contributed by atoms with van der Waals surface area (Å²) in [6.45, 7) is 17.0. The predicted molar refractivity (Wildman–Crippen MR) is 158 cm³/mol. The van der Waals surface area contributed by atoms with Gasteiger partial charge in [-0.2, -0.15) is 0 Å². The molecular formula is C33H48N2O3. The fourth-order valence-electron chi connectivity index (χ4n) is 5.56. The van der Waals surface area contributed by atoms with E-state index in [0.717, 1.165) is 42.8 Å². The number of nitrogens with zero attached hydrogens (tertiary/aromatic N) is 2. The summed E-state index contributed by atoms with van der Waals surface area (Å²) in [6, 6.07) is 14.4. The van der Waals surface area contributed by atoms with Crippen LogP contribution in [0.4, 0.5) is 0 Å². The Bertz CT molecular complexity index is 1070. The van der Waals surface area contributed by atoms with E-state index in [1.165, 1.54) is 5.56 Å². The summed E-state index contributed by atoms with van der Waals surface area (Å²) in [6.07, 6.45) is 3.13. The lowest BCUT2D eigenvalue weighted by atomic mass is 9.78. The smallest absolute Gasteiger partial charge is 0.182 e. The van der Waals surface area contributed by atoms with Crippen LogP contribution in [0.5, 0.6) is 5.75 Å². The number of aliphatic imine (C=N–C) groups is 1. The normalized spacial score (nSPS) is 19.4. The van der Waals surface area contributed by atoms with Gasteiger partial charge in [-0.05, 0) is 47.3 Å². The predicted octanol–water partition coefficient (Wildman–Crippen LogP) is 6.81. The van der Waals surface area contributed by atoms with Gasteiger partial charge in [-0.15, -0.1) is 0 Å². The van der Waals surface area contributed by atoms with Crippen molar-refractivity contribution in [3.8, 4) is 5.75 Å². The lowest BCUT2D eigenvalue weighted by Gasteiger charge is -2.28. The van der Waals surface area contributed by atoms with Crippen LogP contribution in [0.3, 0.4) is 0 Å². The van der Waals surface area contributed by atoms with Crippen molar-refractivity contribution in [2.24, 2.45) is 16.8 Å². The van der Waals surface area contributed by atoms with Crippen LogP contribution in [0.25, 0.3) is 0 Å². The van der Waals surface area contributed by atoms with Crippen LogP contribution in [0.15, 0.2) is 47.5 Å². The van der Waals surface area contributed by atoms with Gasteiger partial charge < -0.3 is 14.7 Å². The monoisotopic (exact) mass is 520 g/mol. The summed E-state index contributed by atoms with van der Waals surface area (Å²) in [4.78, 5) is 21.1. The number of carbonyl (C=O) groups excluding carboxylic acids is 1. The Balaban J connectivity index is 1.98. The zero-order valence-corrected chi connectivity index (χ0v) is 24.8. The van der Waals surface area contributed by atoms with Gasteiger partial charge in [-0.1, -0.05) is 85.2 Å². The number of hydrogen-bond acceptors (Lipinski definition) is 4. The third-order valence-electron chi connectivity index (χ3n) is 7.59. The summed E-state index contributed by atoms with van der Waals surface area (Å²) in [7, 11) is 1.70. The molecule has 1 aliphatic heterocycles. The third kappa shape index (κ3) is 7.25. The quantitative estimate of drug-likeness (QED) is 0.276. The van der Waals surface area contributed by atoms with Crippen LogP contribution < -0.4 is 0 Å². The molecule has 1 N–H and O–H groups in total. The number of phenolic OH excluding ortho intramolecular Hbond substituents is 1. The highest BCUT2D eigenvalue weighted by Gasteiger charge is 2.39. The number of aromatic hydroxyl groups is 1. The Hall–Kier alpha value is -2.66. The first-order chi connectivity index (χ1) is 17.9. The average molecular weight is 521 g/mol. The van der Waals surface area contributed by atoms with Crippen molar-refractivity contribution in [2.75, 3.05) is 33.4 Å². The van der Waals surface area contributed by atoms with Crippen LogP contribution >= 0.6 is 0 Å². The van der Waals surface area contributed by atoms with E-state index in [4.69, 9.17) is 9.73 Å². The molecule has 5 heteroatoms. The van der Waals surface area contributed by atoms with E-state index in [0.29, 0.717) is 30.4 Å². The third-order valence-corrected chi connectivity index (χ3v) is 7.59. The van der Waals surface area contributed by atoms with Crippen LogP contribution in [-0.4, -0.2) is 55.0 Å². The van der Waals surface area contributed by atoms with Crippen molar-refractivity contribution in [3.05, 3.63) is 64.7 Å². The summed E-state index contributed by atoms with van der Waals surface area (Å²) in [5.74, 6) is 2.12. The molecule has 0 aliphatic carbocycles. The maximum Gasteiger partial charge on any atom is 0.182 e. The van der Waals surface area contributed by atoms with Gasteiger partial charge in [0.15, 0.2) is 5.78 Å². The molecule has 0 spiro atoms. The minimum atomic E-state index is -0.284. The number of Topliss-reactive ketones (excluding diaryl/α,β-unsaturated/α-hetero) is 1. The number of ketones is 1. The lowest BCUT2D eigenvalue weighted by molar-refractivity contribution is 0.0963. The van der Waals surface area contributed by atoms with Crippen LogP contribution in [0.2, 0.25) is 0 Å². The van der Waals surface area contributed by atoms with E-state index >= 15 is 0 Å². The van der Waals surface area contributed by atoms with Gasteiger partial charge >= 0.3 is 0 Å². The van der Waals surface area contributed by atoms with E-state index < -0.39 is 0 Å². The zero-order valence-electron chi connectivity index (χ0n) is 24.8. The summed E-state index contributed by atoms with van der Waals surface area (Å²) in [5, 5.41) is 11.1. The van der Waals surface area contributed by atoms with Crippen molar-refractivity contribution in [2.45, 2.75) is 78.6 Å². The molecule has 2 aromatic rings. The standard InChI is InChI=1S/C33H48N2O3/c1-9-13-24-21-35(31(34-16-17-38-8)26(24)18-23-14-11-10-12-15-23)22-29(36)25-19-27(32(2,3)4)30(37)28(20-25)33(5,6)7/h10-12,14-15,19-20,24,26,37H,9,13,16-18,21-22H2,1-8H3. The Morgan fingerprint density at radius 2 is 1.66 bits per heavy atom. The molecule has 38 heavy (non-hydrogen) atoms. The second-order valence-corrected chi connectivity index (χ2v) is 12.8. The Morgan fingerprint density at radius 3 is 2.18 bits per heavy atom. The minimum absolute atomic E-state index is 0.0658. The number of ether oxygens (including phenoxy) is 1. The molecule has 3 rings (SSSR count). The number of rotatable bonds is 10. The minimum Gasteiger partial charge on any atom is -0.507 e. The molecule has 2 unspecified atom stereocenters. The maximum atomic E-state index is 13.9. The van der Waals surface area contributed by atoms with Crippen LogP contribution in [0.1, 0.15) is 88.4 Å². The Morgan fingerprint density at radius 1 is 1.05 bits per heavy atom. The molecule has 0 bridgehead atoms. The first-order valence-electron chi connectivity index (χ1n) is 14.1. The van der Waals surface area contributed by atoms with Crippen LogP contribution in [0, 0.1) is 11.8 Å². The summed E-state index contributed by atoms with van der Waals surface area (Å²) in [5.41, 5.74) is 3.02. The first-order valence-corrected chi connectivity index (χ1v) is 14.1. The highest BCUT2D eigenvalue weighted by Crippen LogP contribution is 2.40. The number of phenols is 1. The van der Waals surface area contributed by atoms with Crippen molar-refractivity contribution < 1.29 is 14.6 Å². The second-order valence-electron chi connectivity index (χ2n) is 12.8. The van der Waals surface area contributed by atoms with Gasteiger partial charge in [-0.25, -0.2) is 0 Å². The molecule has 1 fully saturated rings. The first kappa shape index (κ1) is 29.9. The summed E-state index contributed by atoms with van der Waals surface area (Å²) < 4.78 is 5.30. The van der Waals surface area contributed by atoms with E-state index in [2.05, 4.69) is 83.7 Å². The van der Waals surface area contributed by atoms with Crippen LogP contribution in [-0.2, 0) is 22.0 Å². The number of hydrogen-bond donors (Lipinski definition) is 1. The highest BCUT2D eigenvalue weighted by molar-refractivity contribution is 6.01. The average Bonchev–Trinajstić information content (AvgIpc) is 3.14. The highest BCUT2D eigenvalue weighted by atomic mass is 16.5. The van der Waals surface area contributed by atoms with Gasteiger partial charge in [0, 0.05) is 36.3 Å². The fourth-order valence-corrected chi connectivity index (χ4v) is 5.56. The fraction of sp³-hybridized carbons (Fsp3) is 0.576. The lowest BCUT2D eigenvalue weighted by Crippen LogP contribution is -2.34. The van der Waals surface area contributed by atoms with E-state index in [-0.39, 0.29) is 29.1 Å². The SMILES string of the molecule is CCCC1CN(CC(=O)c2cc(C(C)(C)C)c(O)c(C(C)(C)C)c2)C(=NCCOC)C1Cc1ccccc1. The largest absolute Gasteiger partial charge is 0.507 e. The Kier molecular flexibility index (Phi) is 9.80. The molecule has 1 saturated heterocycles. The molecule has 2 atom stereocenters. The van der Waals surface area contributed by atoms with Gasteiger partial charge in [0.05, 0.1) is 19.7 Å². The number of benzene rings is 2. The molecule has 1 heterocycles. The summed E-state index contributed by atoms with van der Waals surface area (Å²) >= 11 is 0. The van der Waals surface area contributed by atoms with Crippen molar-refractivity contribution in [1.82, 2.24) is 4.90 Å². The van der Waals surface area contributed by atoms with Crippen molar-refractivity contribution in [3.63, 3.8) is 0 Å². The van der Waals surface area contributed by atoms with Gasteiger partial charge in [0.25, 0.3) is 0 Å². The molecule has 2 aromatic carbocycles. The van der Waals surface area contributed by atoms with Gasteiger partial charge in [0.2, 0.25) is 0 Å². The zero-order chi connectivity index (χ0) is 28.1. The van der Waals surface area contributed by atoms with Crippen molar-refractivity contribution >= 4 is 11.6 Å². The number of likely N-dealkylation sites (tertiary alicyclic amines) is 1. The molecule has 0 saturated carbocycles. The second kappa shape index (κ2) is 12.5. The van der Waals surface area contributed by atoms with Crippen molar-refractivity contribution in [1.29, 1.82) is 0 Å². The molecule has 0 aromatic heterocycles. The topological polar surface area (TPSA) is 62.1 Å². The molecule has 0 amide bonds. The number of carbonyl (C=O) groups is 1. The molecule has 0 radical (unpaired) electrons. The molecular weight excluding hydrogens is 472 g/mol. The Labute approximate surface area is 230 Å². The van der Waals surface area contributed by atoms with Gasteiger partial charge in [-0.3, -0.25) is 9.79 Å².